The van der Waals surface area contributed by atoms with Crippen molar-refractivity contribution in [1.82, 2.24) is 10.6 Å². The quantitative estimate of drug-likeness (QED) is 0.0744. The highest BCUT2D eigenvalue weighted by Crippen LogP contribution is 2.04. The van der Waals surface area contributed by atoms with Crippen molar-refractivity contribution in [2.24, 2.45) is 33.7 Å². The monoisotopic (exact) mass is 416 g/mol. The van der Waals surface area contributed by atoms with Crippen LogP contribution in [0.15, 0.2) is 4.99 Å². The molecule has 0 spiro atoms. The number of guanidine groups is 1. The molecule has 29 heavy (non-hydrogen) atoms. The molecule has 0 aromatic carbocycles. The van der Waals surface area contributed by atoms with Gasteiger partial charge in [-0.25, -0.2) is 4.79 Å². The maximum atomic E-state index is 12.5. The van der Waals surface area contributed by atoms with Crippen molar-refractivity contribution in [3.63, 3.8) is 0 Å². The molecule has 0 aliphatic carbocycles. The standard InChI is InChI=1S/C16H32N8O5/c17-6-2-1-4-9(18)13(26)23-10(5-3-7-22-16(20)21)14(27)24-11(15(28)29)8-12(19)25/h9-11H,1-8,17-18H2,(H2,19,25)(H,23,26)(H,24,27)(H,28,29)(H4,20,21,22)/t9-,10-,11-/m0/s1. The second-order valence-corrected chi connectivity index (χ2v) is 6.47. The number of unbranched alkanes of at least 4 members (excludes halogenated alkanes) is 1. The number of hydrogen-bond acceptors (Lipinski definition) is 7. The van der Waals surface area contributed by atoms with Crippen LogP contribution in [-0.4, -0.2) is 66.0 Å². The topological polar surface area (TPSA) is 255 Å². The van der Waals surface area contributed by atoms with E-state index in [-0.39, 0.29) is 18.9 Å². The third-order valence-electron chi connectivity index (χ3n) is 3.90. The number of carboxylic acid groups (broad SMARTS) is 1. The molecule has 0 rings (SSSR count). The summed E-state index contributed by atoms with van der Waals surface area (Å²) < 4.78 is 0. The molecule has 0 aromatic rings. The molecule has 0 radical (unpaired) electrons. The summed E-state index contributed by atoms with van der Waals surface area (Å²) in [6, 6.07) is -3.46. The molecule has 0 aromatic heterocycles. The van der Waals surface area contributed by atoms with Crippen LogP contribution in [0.5, 0.6) is 0 Å². The first kappa shape index (κ1) is 26.1. The Bertz CT molecular complexity index is 594. The molecule has 0 aliphatic heterocycles. The van der Waals surface area contributed by atoms with Gasteiger partial charge in [-0.1, -0.05) is 6.42 Å². The summed E-state index contributed by atoms with van der Waals surface area (Å²) in [6.07, 6.45) is 1.58. The molecule has 0 bridgehead atoms. The summed E-state index contributed by atoms with van der Waals surface area (Å²) in [6.45, 7) is 0.675. The van der Waals surface area contributed by atoms with E-state index in [4.69, 9.17) is 33.8 Å². The molecule has 13 heteroatoms. The van der Waals surface area contributed by atoms with Crippen LogP contribution in [0.1, 0.15) is 38.5 Å². The van der Waals surface area contributed by atoms with Gasteiger partial charge in [-0.05, 0) is 32.2 Å². The van der Waals surface area contributed by atoms with Crippen LogP contribution >= 0.6 is 0 Å². The molecule has 0 aliphatic rings. The number of amides is 3. The average Bonchev–Trinajstić information content (AvgIpc) is 2.62. The zero-order valence-corrected chi connectivity index (χ0v) is 16.3. The van der Waals surface area contributed by atoms with E-state index < -0.39 is 48.2 Å². The van der Waals surface area contributed by atoms with E-state index in [0.29, 0.717) is 32.2 Å². The Labute approximate surface area is 168 Å². The second-order valence-electron chi connectivity index (χ2n) is 6.47. The lowest BCUT2D eigenvalue weighted by atomic mass is 10.1. The number of primary amides is 1. The van der Waals surface area contributed by atoms with Crippen molar-refractivity contribution >= 4 is 29.7 Å². The van der Waals surface area contributed by atoms with Gasteiger partial charge < -0.3 is 44.4 Å². The maximum absolute atomic E-state index is 12.5. The summed E-state index contributed by atoms with van der Waals surface area (Å²) in [4.78, 5) is 50.8. The Morgan fingerprint density at radius 3 is 2.03 bits per heavy atom. The van der Waals surface area contributed by atoms with Crippen LogP contribution in [-0.2, 0) is 19.2 Å². The number of hydrogen-bond donors (Lipinski definition) is 8. The van der Waals surface area contributed by atoms with Gasteiger partial charge >= 0.3 is 5.97 Å². The molecule has 0 saturated carbocycles. The Balaban J connectivity index is 5.07. The van der Waals surface area contributed by atoms with E-state index in [0.717, 1.165) is 0 Å². The Kier molecular flexibility index (Phi) is 12.7. The van der Waals surface area contributed by atoms with E-state index in [9.17, 15) is 19.2 Å². The number of carbonyl (C=O) groups is 4. The highest BCUT2D eigenvalue weighted by molar-refractivity contribution is 5.93. The minimum Gasteiger partial charge on any atom is -0.480 e. The fourth-order valence-corrected chi connectivity index (χ4v) is 2.36. The summed E-state index contributed by atoms with van der Waals surface area (Å²) in [7, 11) is 0. The van der Waals surface area contributed by atoms with Crippen molar-refractivity contribution < 1.29 is 24.3 Å². The number of aliphatic carboxylic acids is 1. The zero-order valence-electron chi connectivity index (χ0n) is 16.3. The van der Waals surface area contributed by atoms with Gasteiger partial charge in [0.25, 0.3) is 0 Å². The number of carboxylic acids is 1. The van der Waals surface area contributed by atoms with Gasteiger partial charge in [0, 0.05) is 6.54 Å². The largest absolute Gasteiger partial charge is 0.480 e. The minimum atomic E-state index is -1.52. The summed E-state index contributed by atoms with van der Waals surface area (Å²) in [5.74, 6) is -3.80. The van der Waals surface area contributed by atoms with Crippen molar-refractivity contribution in [2.75, 3.05) is 13.1 Å². The van der Waals surface area contributed by atoms with Crippen molar-refractivity contribution in [1.29, 1.82) is 0 Å². The number of nitrogens with one attached hydrogen (secondary N) is 2. The number of carbonyl (C=O) groups excluding carboxylic acids is 3. The van der Waals surface area contributed by atoms with E-state index in [2.05, 4.69) is 15.6 Å². The maximum Gasteiger partial charge on any atom is 0.326 e. The lowest BCUT2D eigenvalue weighted by Crippen LogP contribution is -2.55. The SMILES string of the molecule is NCCCC[C@H](N)C(=O)N[C@@H](CCCN=C(N)N)C(=O)N[C@@H](CC(N)=O)C(=O)O. The molecule has 0 heterocycles. The predicted molar refractivity (Wildman–Crippen MR) is 106 cm³/mol. The highest BCUT2D eigenvalue weighted by Gasteiger charge is 2.28. The fraction of sp³-hybridized carbons (Fsp3) is 0.688. The van der Waals surface area contributed by atoms with Gasteiger partial charge in [-0.15, -0.1) is 0 Å². The van der Waals surface area contributed by atoms with Crippen LogP contribution in [0.2, 0.25) is 0 Å². The van der Waals surface area contributed by atoms with Crippen molar-refractivity contribution in [3.05, 3.63) is 0 Å². The van der Waals surface area contributed by atoms with Crippen LogP contribution in [0.4, 0.5) is 0 Å². The molecule has 3 atom stereocenters. The molecule has 3 amide bonds. The molecular formula is C16H32N8O5. The van der Waals surface area contributed by atoms with E-state index in [1.165, 1.54) is 0 Å². The van der Waals surface area contributed by atoms with Gasteiger partial charge in [0.1, 0.15) is 12.1 Å². The Morgan fingerprint density at radius 1 is 0.897 bits per heavy atom. The summed E-state index contributed by atoms with van der Waals surface area (Å²) in [5.41, 5.74) is 26.7. The van der Waals surface area contributed by atoms with E-state index in [1.807, 2.05) is 0 Å². The number of aliphatic imine (C=N–C) groups is 1. The van der Waals surface area contributed by atoms with Crippen LogP contribution < -0.4 is 39.3 Å². The summed E-state index contributed by atoms with van der Waals surface area (Å²) >= 11 is 0. The molecular weight excluding hydrogens is 384 g/mol. The third-order valence-corrected chi connectivity index (χ3v) is 3.90. The first-order valence-corrected chi connectivity index (χ1v) is 9.21. The number of nitrogens with two attached hydrogens (primary N) is 5. The van der Waals surface area contributed by atoms with E-state index in [1.54, 1.807) is 0 Å². The van der Waals surface area contributed by atoms with Gasteiger partial charge in [-0.2, -0.15) is 0 Å². The molecule has 0 unspecified atom stereocenters. The number of nitrogens with zero attached hydrogens (tertiary/aromatic N) is 1. The minimum absolute atomic E-state index is 0.118. The predicted octanol–water partition coefficient (Wildman–Crippen LogP) is -3.57. The van der Waals surface area contributed by atoms with Crippen molar-refractivity contribution in [2.45, 2.75) is 56.7 Å². The average molecular weight is 416 g/mol. The first-order valence-electron chi connectivity index (χ1n) is 9.21. The molecule has 166 valence electrons. The first-order chi connectivity index (χ1) is 13.6. The van der Waals surface area contributed by atoms with Crippen LogP contribution in [0.3, 0.4) is 0 Å². The van der Waals surface area contributed by atoms with Gasteiger partial charge in [-0.3, -0.25) is 19.4 Å². The smallest absolute Gasteiger partial charge is 0.326 e. The van der Waals surface area contributed by atoms with Crippen molar-refractivity contribution in [3.8, 4) is 0 Å². The lowest BCUT2D eigenvalue weighted by Gasteiger charge is -2.22. The van der Waals surface area contributed by atoms with Crippen LogP contribution in [0, 0.1) is 0 Å². The van der Waals surface area contributed by atoms with E-state index >= 15 is 0 Å². The Hall–Kier alpha value is -2.93. The molecule has 0 saturated heterocycles. The molecule has 13 N–H and O–H groups in total. The lowest BCUT2D eigenvalue weighted by molar-refractivity contribution is -0.143. The van der Waals surface area contributed by atoms with Gasteiger partial charge in [0.2, 0.25) is 17.7 Å². The third kappa shape index (κ3) is 12.2. The van der Waals surface area contributed by atoms with Crippen LogP contribution in [0.25, 0.3) is 0 Å². The molecule has 0 fully saturated rings. The highest BCUT2D eigenvalue weighted by atomic mass is 16.4. The Morgan fingerprint density at radius 2 is 1.52 bits per heavy atom. The normalized spacial score (nSPS) is 13.6. The molecule has 13 nitrogen and oxygen atoms in total. The van der Waals surface area contributed by atoms with Gasteiger partial charge in [0.15, 0.2) is 5.96 Å². The zero-order chi connectivity index (χ0) is 22.4. The number of rotatable bonds is 15. The summed E-state index contributed by atoms with van der Waals surface area (Å²) in [5, 5.41) is 13.8. The second kappa shape index (κ2) is 14.1. The fourth-order valence-electron chi connectivity index (χ4n) is 2.36. The van der Waals surface area contributed by atoms with Gasteiger partial charge in [0.05, 0.1) is 12.5 Å².